The summed E-state index contributed by atoms with van der Waals surface area (Å²) in [4.78, 5) is 3.97. The Labute approximate surface area is 199 Å². The van der Waals surface area contributed by atoms with Gasteiger partial charge in [-0.1, -0.05) is 62.5 Å². The van der Waals surface area contributed by atoms with Crippen molar-refractivity contribution in [1.82, 2.24) is 9.55 Å². The van der Waals surface area contributed by atoms with E-state index in [0.717, 1.165) is 24.0 Å². The fourth-order valence-electron chi connectivity index (χ4n) is 3.38. The summed E-state index contributed by atoms with van der Waals surface area (Å²) in [5.41, 5.74) is 1.77. The molecular formula is C25H30Cl2N2O3. The zero-order chi connectivity index (χ0) is 23.1. The number of aromatic nitrogens is 2. The van der Waals surface area contributed by atoms with Crippen molar-refractivity contribution in [3.05, 3.63) is 76.3 Å². The first kappa shape index (κ1) is 24.4. The van der Waals surface area contributed by atoms with E-state index in [1.54, 1.807) is 23.3 Å². The highest BCUT2D eigenvalue weighted by Gasteiger charge is 2.25. The summed E-state index contributed by atoms with van der Waals surface area (Å²) >= 11 is 13.0. The molecule has 0 aliphatic carbocycles. The normalized spacial score (nSPS) is 12.6. The van der Waals surface area contributed by atoms with Crippen molar-refractivity contribution < 1.29 is 14.6 Å². The summed E-state index contributed by atoms with van der Waals surface area (Å²) in [6.07, 6.45) is 6.53. The SMILES string of the molecule is CCCCOc1ccc(C(C)(C)c2ccc(OCC(O)Cn3ccnc3)c(Cl)c2)cc1Cl. The molecule has 3 rings (SSSR count). The highest BCUT2D eigenvalue weighted by Crippen LogP contribution is 2.38. The number of nitrogens with zero attached hydrogens (tertiary/aromatic N) is 2. The van der Waals surface area contributed by atoms with Crippen LogP contribution in [0.3, 0.4) is 0 Å². The Bertz CT molecular complexity index is 1010. The van der Waals surface area contributed by atoms with Crippen molar-refractivity contribution in [1.29, 1.82) is 0 Å². The second-order valence-electron chi connectivity index (χ2n) is 8.34. The molecule has 1 atom stereocenters. The van der Waals surface area contributed by atoms with Gasteiger partial charge in [0.2, 0.25) is 0 Å². The molecule has 0 saturated heterocycles. The second kappa shape index (κ2) is 11.1. The fourth-order valence-corrected chi connectivity index (χ4v) is 3.85. The molecule has 1 heterocycles. The smallest absolute Gasteiger partial charge is 0.138 e. The maximum atomic E-state index is 10.2. The van der Waals surface area contributed by atoms with Crippen LogP contribution in [0.25, 0.3) is 0 Å². The Morgan fingerprint density at radius 3 is 2.19 bits per heavy atom. The van der Waals surface area contributed by atoms with Gasteiger partial charge in [0.05, 0.1) is 29.5 Å². The van der Waals surface area contributed by atoms with Gasteiger partial charge in [0, 0.05) is 17.8 Å². The standard InChI is InChI=1S/C25H30Cl2N2O3/c1-4-5-12-31-23-8-6-18(13-21(23)26)25(2,3)19-7-9-24(22(27)14-19)32-16-20(30)15-29-11-10-28-17-29/h6-11,13-14,17,20,30H,4-5,12,15-16H2,1-3H3. The lowest BCUT2D eigenvalue weighted by Gasteiger charge is -2.27. The monoisotopic (exact) mass is 476 g/mol. The molecule has 0 saturated carbocycles. The first-order chi connectivity index (χ1) is 15.3. The van der Waals surface area contributed by atoms with E-state index < -0.39 is 6.10 Å². The third-order valence-corrected chi connectivity index (χ3v) is 6.07. The number of ether oxygens (including phenoxy) is 2. The third kappa shape index (κ3) is 6.18. The van der Waals surface area contributed by atoms with Crippen LogP contribution in [0.4, 0.5) is 0 Å². The number of aliphatic hydroxyl groups excluding tert-OH is 1. The number of aliphatic hydroxyl groups is 1. The van der Waals surface area contributed by atoms with Gasteiger partial charge in [0.25, 0.3) is 0 Å². The molecule has 0 aliphatic heterocycles. The fraction of sp³-hybridized carbons (Fsp3) is 0.400. The lowest BCUT2D eigenvalue weighted by Crippen LogP contribution is -2.23. The summed E-state index contributed by atoms with van der Waals surface area (Å²) < 4.78 is 13.3. The molecular weight excluding hydrogens is 447 g/mol. The highest BCUT2D eigenvalue weighted by atomic mass is 35.5. The number of rotatable bonds is 11. The molecule has 1 aromatic heterocycles. The van der Waals surface area contributed by atoms with Gasteiger partial charge in [-0.15, -0.1) is 0 Å². The zero-order valence-electron chi connectivity index (χ0n) is 18.7. The van der Waals surface area contributed by atoms with Crippen LogP contribution in [0.15, 0.2) is 55.1 Å². The van der Waals surface area contributed by atoms with Gasteiger partial charge < -0.3 is 19.1 Å². The lowest BCUT2D eigenvalue weighted by atomic mass is 9.78. The molecule has 0 amide bonds. The maximum Gasteiger partial charge on any atom is 0.138 e. The first-order valence-corrected chi connectivity index (χ1v) is 11.6. The second-order valence-corrected chi connectivity index (χ2v) is 9.16. The molecule has 32 heavy (non-hydrogen) atoms. The molecule has 172 valence electrons. The minimum atomic E-state index is -0.670. The van der Waals surface area contributed by atoms with Crippen molar-refractivity contribution in [2.75, 3.05) is 13.2 Å². The lowest BCUT2D eigenvalue weighted by molar-refractivity contribution is 0.0925. The molecule has 2 aromatic carbocycles. The van der Waals surface area contributed by atoms with Gasteiger partial charge >= 0.3 is 0 Å². The van der Waals surface area contributed by atoms with E-state index in [-0.39, 0.29) is 12.0 Å². The van der Waals surface area contributed by atoms with Gasteiger partial charge in [-0.3, -0.25) is 0 Å². The van der Waals surface area contributed by atoms with Gasteiger partial charge in [-0.2, -0.15) is 0 Å². The number of imidazole rings is 1. The molecule has 0 spiro atoms. The summed E-state index contributed by atoms with van der Waals surface area (Å²) in [6.45, 7) is 7.57. The number of hydrogen-bond donors (Lipinski definition) is 1. The van der Waals surface area contributed by atoms with Crippen LogP contribution in [-0.4, -0.2) is 34.0 Å². The van der Waals surface area contributed by atoms with Gasteiger partial charge in [0.1, 0.15) is 24.2 Å². The maximum absolute atomic E-state index is 10.2. The molecule has 7 heteroatoms. The molecule has 0 fully saturated rings. The largest absolute Gasteiger partial charge is 0.492 e. The minimum Gasteiger partial charge on any atom is -0.492 e. The van der Waals surface area contributed by atoms with Crippen molar-refractivity contribution in [3.8, 4) is 11.5 Å². The van der Waals surface area contributed by atoms with E-state index in [1.807, 2.05) is 36.4 Å². The Kier molecular flexibility index (Phi) is 8.46. The minimum absolute atomic E-state index is 0.135. The van der Waals surface area contributed by atoms with E-state index in [0.29, 0.717) is 34.7 Å². The molecule has 0 aliphatic rings. The van der Waals surface area contributed by atoms with Gasteiger partial charge in [-0.05, 0) is 41.8 Å². The zero-order valence-corrected chi connectivity index (χ0v) is 20.2. The number of benzene rings is 2. The Morgan fingerprint density at radius 2 is 1.66 bits per heavy atom. The summed E-state index contributed by atoms with van der Waals surface area (Å²) in [5.74, 6) is 1.24. The Morgan fingerprint density at radius 1 is 1.03 bits per heavy atom. The number of unbranched alkanes of at least 4 members (excludes halogenated alkanes) is 1. The van der Waals surface area contributed by atoms with Crippen molar-refractivity contribution in [2.45, 2.75) is 51.7 Å². The van der Waals surface area contributed by atoms with Crippen LogP contribution in [0.2, 0.25) is 10.0 Å². The number of hydrogen-bond acceptors (Lipinski definition) is 4. The third-order valence-electron chi connectivity index (χ3n) is 5.47. The summed E-state index contributed by atoms with van der Waals surface area (Å²) in [5, 5.41) is 11.3. The van der Waals surface area contributed by atoms with Crippen LogP contribution in [0, 0.1) is 0 Å². The van der Waals surface area contributed by atoms with Crippen LogP contribution >= 0.6 is 23.2 Å². The predicted octanol–water partition coefficient (Wildman–Crippen LogP) is 6.13. The van der Waals surface area contributed by atoms with Gasteiger partial charge in [-0.25, -0.2) is 4.98 Å². The van der Waals surface area contributed by atoms with E-state index in [1.165, 1.54) is 0 Å². The molecule has 3 aromatic rings. The topological polar surface area (TPSA) is 56.5 Å². The molecule has 0 radical (unpaired) electrons. The average Bonchev–Trinajstić information content (AvgIpc) is 3.27. The van der Waals surface area contributed by atoms with Crippen LogP contribution in [-0.2, 0) is 12.0 Å². The van der Waals surface area contributed by atoms with E-state index in [4.69, 9.17) is 32.7 Å². The van der Waals surface area contributed by atoms with Crippen LogP contribution in [0.5, 0.6) is 11.5 Å². The van der Waals surface area contributed by atoms with Crippen LogP contribution < -0.4 is 9.47 Å². The Hall–Kier alpha value is -2.21. The van der Waals surface area contributed by atoms with E-state index in [9.17, 15) is 5.11 Å². The molecule has 0 bridgehead atoms. The molecule has 5 nitrogen and oxygen atoms in total. The summed E-state index contributed by atoms with van der Waals surface area (Å²) in [6, 6.07) is 11.6. The molecule has 1 unspecified atom stereocenters. The average molecular weight is 477 g/mol. The highest BCUT2D eigenvalue weighted by molar-refractivity contribution is 6.32. The van der Waals surface area contributed by atoms with Crippen molar-refractivity contribution in [3.63, 3.8) is 0 Å². The predicted molar refractivity (Wildman–Crippen MR) is 129 cm³/mol. The van der Waals surface area contributed by atoms with Gasteiger partial charge in [0.15, 0.2) is 0 Å². The first-order valence-electron chi connectivity index (χ1n) is 10.8. The number of halogens is 2. The van der Waals surface area contributed by atoms with E-state index >= 15 is 0 Å². The van der Waals surface area contributed by atoms with Crippen molar-refractivity contribution >= 4 is 23.2 Å². The Balaban J connectivity index is 1.67. The van der Waals surface area contributed by atoms with Crippen molar-refractivity contribution in [2.24, 2.45) is 0 Å². The van der Waals surface area contributed by atoms with Crippen LogP contribution in [0.1, 0.15) is 44.7 Å². The summed E-state index contributed by atoms with van der Waals surface area (Å²) in [7, 11) is 0. The quantitative estimate of drug-likeness (QED) is 0.338. The van der Waals surface area contributed by atoms with E-state index in [2.05, 4.69) is 25.8 Å². The molecule has 1 N–H and O–H groups in total.